The monoisotopic (exact) mass is 487 g/mol. The fourth-order valence-corrected chi connectivity index (χ4v) is 5.68. The molecular formula is C28H41NO6. The summed E-state index contributed by atoms with van der Waals surface area (Å²) >= 11 is 0. The summed E-state index contributed by atoms with van der Waals surface area (Å²) < 4.78 is 15.9. The van der Waals surface area contributed by atoms with Crippen LogP contribution in [0.1, 0.15) is 70.3 Å². The summed E-state index contributed by atoms with van der Waals surface area (Å²) in [6, 6.07) is 9.55. The van der Waals surface area contributed by atoms with E-state index in [2.05, 4.69) is 12.2 Å². The predicted octanol–water partition coefficient (Wildman–Crippen LogP) is 4.43. The summed E-state index contributed by atoms with van der Waals surface area (Å²) in [4.78, 5) is 38.9. The number of ether oxygens (including phenoxy) is 3. The second-order valence-corrected chi connectivity index (χ2v) is 10.4. The lowest BCUT2D eigenvalue weighted by atomic mass is 9.74. The molecule has 3 rings (SSSR count). The highest BCUT2D eigenvalue weighted by atomic mass is 16.5. The maximum Gasteiger partial charge on any atom is 0.309 e. The lowest BCUT2D eigenvalue weighted by Crippen LogP contribution is -2.50. The van der Waals surface area contributed by atoms with Gasteiger partial charge >= 0.3 is 11.9 Å². The molecule has 0 aromatic heterocycles. The highest BCUT2D eigenvalue weighted by molar-refractivity contribution is 5.84. The Morgan fingerprint density at radius 3 is 2.46 bits per heavy atom. The van der Waals surface area contributed by atoms with Crippen LogP contribution in [-0.4, -0.2) is 44.7 Å². The molecule has 1 amide bonds. The molecule has 2 unspecified atom stereocenters. The smallest absolute Gasteiger partial charge is 0.309 e. The summed E-state index contributed by atoms with van der Waals surface area (Å²) in [6.45, 7) is 2.78. The van der Waals surface area contributed by atoms with Crippen LogP contribution in [0.15, 0.2) is 30.3 Å². The number of nitrogens with one attached hydrogen (secondary N) is 1. The number of carbonyl (C=O) groups excluding carboxylic acids is 3. The molecule has 2 fully saturated rings. The van der Waals surface area contributed by atoms with E-state index in [-0.39, 0.29) is 36.4 Å². The number of amides is 1. The summed E-state index contributed by atoms with van der Waals surface area (Å²) in [5.74, 6) is -0.763. The van der Waals surface area contributed by atoms with Crippen molar-refractivity contribution in [3.8, 4) is 0 Å². The SMILES string of the molecule is COCCC(CC1(C(=O)NC2C[C@@H](C(=O)OC)CC[C@H]2C)CCCC1)C(=O)OCc1ccccc1. The van der Waals surface area contributed by atoms with Gasteiger partial charge in [0.2, 0.25) is 5.91 Å². The molecule has 194 valence electrons. The van der Waals surface area contributed by atoms with Gasteiger partial charge in [0.1, 0.15) is 6.61 Å². The zero-order chi connectivity index (χ0) is 25.3. The molecule has 0 radical (unpaired) electrons. The standard InChI is InChI=1S/C28H41NO6/c1-20-11-12-22(25(30)34-3)17-24(20)29-27(32)28(14-7-8-15-28)18-23(13-16-33-2)26(31)35-19-21-9-5-4-6-10-21/h4-6,9-10,20,22-24H,7-8,11-19H2,1-3H3,(H,29,32)/t20-,22+,23?,24?/m1/s1. The molecule has 1 aromatic rings. The fraction of sp³-hybridized carbons (Fsp3) is 0.679. The zero-order valence-electron chi connectivity index (χ0n) is 21.4. The first-order valence-electron chi connectivity index (χ1n) is 13.0. The average molecular weight is 488 g/mol. The van der Waals surface area contributed by atoms with Gasteiger partial charge in [0.25, 0.3) is 0 Å². The third-order valence-electron chi connectivity index (χ3n) is 7.95. The van der Waals surface area contributed by atoms with Crippen LogP contribution < -0.4 is 5.32 Å². The van der Waals surface area contributed by atoms with Crippen LogP contribution in [-0.2, 0) is 35.2 Å². The Bertz CT molecular complexity index is 835. The summed E-state index contributed by atoms with van der Waals surface area (Å²) in [7, 11) is 3.03. The first-order chi connectivity index (χ1) is 16.9. The van der Waals surface area contributed by atoms with Gasteiger partial charge in [-0.3, -0.25) is 14.4 Å². The van der Waals surface area contributed by atoms with Gasteiger partial charge in [-0.05, 0) is 56.4 Å². The first-order valence-corrected chi connectivity index (χ1v) is 13.0. The number of methoxy groups -OCH3 is 2. The van der Waals surface area contributed by atoms with Crippen molar-refractivity contribution >= 4 is 17.8 Å². The molecule has 0 aliphatic heterocycles. The van der Waals surface area contributed by atoms with Crippen LogP contribution in [0.3, 0.4) is 0 Å². The van der Waals surface area contributed by atoms with E-state index in [1.807, 2.05) is 30.3 Å². The van der Waals surface area contributed by atoms with Crippen LogP contribution in [0, 0.1) is 23.2 Å². The van der Waals surface area contributed by atoms with Gasteiger partial charge in [-0.1, -0.05) is 50.1 Å². The third kappa shape index (κ3) is 7.29. The molecule has 35 heavy (non-hydrogen) atoms. The summed E-state index contributed by atoms with van der Waals surface area (Å²) in [6.07, 6.45) is 6.69. The minimum Gasteiger partial charge on any atom is -0.469 e. The largest absolute Gasteiger partial charge is 0.469 e. The second kappa shape index (κ2) is 13.1. The van der Waals surface area contributed by atoms with Gasteiger partial charge in [0, 0.05) is 19.8 Å². The highest BCUT2D eigenvalue weighted by Gasteiger charge is 2.46. The number of rotatable bonds is 11. The molecule has 2 aliphatic carbocycles. The number of carbonyl (C=O) groups is 3. The van der Waals surface area contributed by atoms with Crippen LogP contribution in [0.25, 0.3) is 0 Å². The van der Waals surface area contributed by atoms with Crippen molar-refractivity contribution in [3.63, 3.8) is 0 Å². The number of hydrogen-bond acceptors (Lipinski definition) is 6. The lowest BCUT2D eigenvalue weighted by molar-refractivity contribution is -0.153. The van der Waals surface area contributed by atoms with E-state index in [9.17, 15) is 14.4 Å². The maximum atomic E-state index is 13.7. The fourth-order valence-electron chi connectivity index (χ4n) is 5.68. The van der Waals surface area contributed by atoms with Crippen molar-refractivity contribution in [1.29, 1.82) is 0 Å². The molecule has 0 spiro atoms. The van der Waals surface area contributed by atoms with Gasteiger partial charge in [-0.2, -0.15) is 0 Å². The minimum absolute atomic E-state index is 0.00985. The average Bonchev–Trinajstić information content (AvgIpc) is 3.36. The van der Waals surface area contributed by atoms with Gasteiger partial charge in [-0.25, -0.2) is 0 Å². The Hall–Kier alpha value is -2.41. The molecule has 2 saturated carbocycles. The molecule has 1 aromatic carbocycles. The normalized spacial score (nSPS) is 24.4. The zero-order valence-corrected chi connectivity index (χ0v) is 21.4. The van der Waals surface area contributed by atoms with Crippen LogP contribution in [0.2, 0.25) is 0 Å². The van der Waals surface area contributed by atoms with E-state index in [1.165, 1.54) is 7.11 Å². The van der Waals surface area contributed by atoms with Crippen molar-refractivity contribution in [3.05, 3.63) is 35.9 Å². The van der Waals surface area contributed by atoms with E-state index in [0.717, 1.165) is 44.1 Å². The maximum absolute atomic E-state index is 13.7. The van der Waals surface area contributed by atoms with E-state index in [1.54, 1.807) is 7.11 Å². The number of benzene rings is 1. The van der Waals surface area contributed by atoms with Crippen LogP contribution >= 0.6 is 0 Å². The van der Waals surface area contributed by atoms with Crippen molar-refractivity contribution < 1.29 is 28.6 Å². The van der Waals surface area contributed by atoms with Gasteiger partial charge in [-0.15, -0.1) is 0 Å². The number of hydrogen-bond donors (Lipinski definition) is 1. The predicted molar refractivity (Wildman–Crippen MR) is 132 cm³/mol. The Kier molecular flexibility index (Phi) is 10.1. The Balaban J connectivity index is 1.69. The minimum atomic E-state index is -0.595. The second-order valence-electron chi connectivity index (χ2n) is 10.4. The van der Waals surface area contributed by atoms with E-state index >= 15 is 0 Å². The van der Waals surface area contributed by atoms with Crippen molar-refractivity contribution in [2.45, 2.75) is 77.4 Å². The van der Waals surface area contributed by atoms with Crippen molar-refractivity contribution in [2.24, 2.45) is 23.2 Å². The van der Waals surface area contributed by atoms with Crippen molar-refractivity contribution in [1.82, 2.24) is 5.32 Å². The summed E-state index contributed by atoms with van der Waals surface area (Å²) in [5, 5.41) is 3.29. The van der Waals surface area contributed by atoms with Crippen LogP contribution in [0.4, 0.5) is 0 Å². The molecule has 0 saturated heterocycles. The topological polar surface area (TPSA) is 90.9 Å². The first kappa shape index (κ1) is 27.2. The number of esters is 2. The molecule has 7 nitrogen and oxygen atoms in total. The Labute approximate surface area is 209 Å². The van der Waals surface area contributed by atoms with Crippen molar-refractivity contribution in [2.75, 3.05) is 20.8 Å². The Morgan fingerprint density at radius 2 is 1.80 bits per heavy atom. The van der Waals surface area contributed by atoms with E-state index in [4.69, 9.17) is 14.2 Å². The molecule has 1 N–H and O–H groups in total. The lowest BCUT2D eigenvalue weighted by Gasteiger charge is -2.37. The molecule has 0 heterocycles. The molecule has 4 atom stereocenters. The van der Waals surface area contributed by atoms with E-state index in [0.29, 0.717) is 31.8 Å². The molecular weight excluding hydrogens is 446 g/mol. The van der Waals surface area contributed by atoms with E-state index < -0.39 is 11.3 Å². The van der Waals surface area contributed by atoms with Gasteiger partial charge in [0.15, 0.2) is 0 Å². The van der Waals surface area contributed by atoms with Crippen LogP contribution in [0.5, 0.6) is 0 Å². The highest BCUT2D eigenvalue weighted by Crippen LogP contribution is 2.45. The quantitative estimate of drug-likeness (QED) is 0.465. The third-order valence-corrected chi connectivity index (χ3v) is 7.95. The molecule has 7 heteroatoms. The molecule has 2 aliphatic rings. The Morgan fingerprint density at radius 1 is 1.09 bits per heavy atom. The van der Waals surface area contributed by atoms with Gasteiger partial charge < -0.3 is 19.5 Å². The van der Waals surface area contributed by atoms with Gasteiger partial charge in [0.05, 0.1) is 24.4 Å². The molecule has 0 bridgehead atoms. The summed E-state index contributed by atoms with van der Waals surface area (Å²) in [5.41, 5.74) is 0.341.